The van der Waals surface area contributed by atoms with E-state index in [1.807, 2.05) is 0 Å². The summed E-state index contributed by atoms with van der Waals surface area (Å²) in [7, 11) is -2.32. The van der Waals surface area contributed by atoms with Crippen molar-refractivity contribution < 1.29 is 27.1 Å². The molecule has 0 heterocycles. The molecular weight excluding hydrogens is 351 g/mol. The van der Waals surface area contributed by atoms with Crippen molar-refractivity contribution in [1.29, 1.82) is 0 Å². The fraction of sp³-hybridized carbons (Fsp3) is 0.125. The van der Waals surface area contributed by atoms with E-state index in [1.54, 1.807) is 0 Å². The lowest BCUT2D eigenvalue weighted by atomic mass is 10.2. The first-order valence-corrected chi connectivity index (χ1v) is 8.56. The number of hydrogen-bond donors (Lipinski definition) is 2. The van der Waals surface area contributed by atoms with Crippen molar-refractivity contribution in [3.05, 3.63) is 59.9 Å². The minimum Gasteiger partial charge on any atom is -0.452 e. The molecule has 0 aliphatic carbocycles. The molecule has 0 saturated heterocycles. The number of amides is 1. The minimum atomic E-state index is -3.60. The molecule has 7 nitrogen and oxygen atoms in total. The molecule has 2 N–H and O–H groups in total. The highest BCUT2D eigenvalue weighted by Crippen LogP contribution is 2.11. The van der Waals surface area contributed by atoms with Gasteiger partial charge in [0.1, 0.15) is 5.82 Å². The maximum atomic E-state index is 12.8. The van der Waals surface area contributed by atoms with Crippen LogP contribution in [0.2, 0.25) is 0 Å². The molecule has 0 saturated carbocycles. The highest BCUT2D eigenvalue weighted by atomic mass is 32.2. The number of sulfonamides is 1. The normalized spacial score (nSPS) is 11.0. The predicted octanol–water partition coefficient (Wildman–Crippen LogP) is 1.53. The summed E-state index contributed by atoms with van der Waals surface area (Å²) in [6, 6.07) is 10.2. The quantitative estimate of drug-likeness (QED) is 0.755. The Morgan fingerprint density at radius 2 is 1.64 bits per heavy atom. The number of hydrogen-bond acceptors (Lipinski definition) is 5. The van der Waals surface area contributed by atoms with Crippen molar-refractivity contribution in [2.75, 3.05) is 19.0 Å². The molecular formula is C16H15FN2O5S. The SMILES string of the molecule is CNS(=O)(=O)c1ccc(C(=O)OCC(=O)Nc2ccc(F)cc2)cc1. The van der Waals surface area contributed by atoms with Crippen LogP contribution in [-0.4, -0.2) is 33.9 Å². The zero-order valence-electron chi connectivity index (χ0n) is 13.2. The molecule has 0 aliphatic rings. The molecule has 9 heteroatoms. The highest BCUT2D eigenvalue weighted by Gasteiger charge is 2.14. The van der Waals surface area contributed by atoms with Gasteiger partial charge in [-0.15, -0.1) is 0 Å². The standard InChI is InChI=1S/C16H15FN2O5S/c1-18-25(22,23)14-8-2-11(3-9-14)16(21)24-10-15(20)19-13-6-4-12(17)5-7-13/h2-9,18H,10H2,1H3,(H,19,20). The summed E-state index contributed by atoms with van der Waals surface area (Å²) in [6.45, 7) is -0.535. The Bertz CT molecular complexity index is 864. The molecule has 0 spiro atoms. The number of anilines is 1. The van der Waals surface area contributed by atoms with E-state index in [2.05, 4.69) is 10.0 Å². The number of ether oxygens (including phenoxy) is 1. The van der Waals surface area contributed by atoms with Gasteiger partial charge in [0.15, 0.2) is 6.61 Å². The summed E-state index contributed by atoms with van der Waals surface area (Å²) in [5.74, 6) is -1.80. The number of halogens is 1. The summed E-state index contributed by atoms with van der Waals surface area (Å²) in [5, 5.41) is 2.44. The Balaban J connectivity index is 1.91. The van der Waals surface area contributed by atoms with Crippen molar-refractivity contribution in [2.24, 2.45) is 0 Å². The van der Waals surface area contributed by atoms with Gasteiger partial charge >= 0.3 is 5.97 Å². The van der Waals surface area contributed by atoms with Gasteiger partial charge in [0.2, 0.25) is 10.0 Å². The minimum absolute atomic E-state index is 0.000558. The molecule has 0 aromatic heterocycles. The van der Waals surface area contributed by atoms with E-state index in [0.717, 1.165) is 0 Å². The van der Waals surface area contributed by atoms with E-state index >= 15 is 0 Å². The van der Waals surface area contributed by atoms with Gasteiger partial charge in [-0.25, -0.2) is 22.3 Å². The summed E-state index contributed by atoms with van der Waals surface area (Å²) in [5.41, 5.74) is 0.466. The number of carbonyl (C=O) groups excluding carboxylic acids is 2. The Morgan fingerprint density at radius 1 is 1.04 bits per heavy atom. The first kappa shape index (κ1) is 18.6. The van der Waals surface area contributed by atoms with Crippen LogP contribution in [0.3, 0.4) is 0 Å². The van der Waals surface area contributed by atoms with Crippen LogP contribution in [0.5, 0.6) is 0 Å². The predicted molar refractivity (Wildman–Crippen MR) is 88.0 cm³/mol. The van der Waals surface area contributed by atoms with E-state index in [4.69, 9.17) is 4.74 Å². The Hall–Kier alpha value is -2.78. The van der Waals surface area contributed by atoms with Crippen molar-refractivity contribution in [1.82, 2.24) is 4.72 Å². The van der Waals surface area contributed by atoms with E-state index in [0.29, 0.717) is 5.69 Å². The van der Waals surface area contributed by atoms with E-state index in [-0.39, 0.29) is 10.5 Å². The van der Waals surface area contributed by atoms with Crippen LogP contribution in [0, 0.1) is 5.82 Å². The van der Waals surface area contributed by atoms with E-state index < -0.39 is 34.3 Å². The molecule has 0 unspecified atom stereocenters. The lowest BCUT2D eigenvalue weighted by Gasteiger charge is -2.07. The average molecular weight is 366 g/mol. The summed E-state index contributed by atoms with van der Waals surface area (Å²) < 4.78 is 42.9. The lowest BCUT2D eigenvalue weighted by molar-refractivity contribution is -0.119. The number of carbonyl (C=O) groups is 2. The van der Waals surface area contributed by atoms with Crippen LogP contribution in [0.15, 0.2) is 53.4 Å². The molecule has 25 heavy (non-hydrogen) atoms. The molecule has 2 rings (SSSR count). The second-order valence-corrected chi connectivity index (χ2v) is 6.75. The second-order valence-electron chi connectivity index (χ2n) is 4.86. The fourth-order valence-corrected chi connectivity index (χ4v) is 2.56. The fourth-order valence-electron chi connectivity index (χ4n) is 1.83. The van der Waals surface area contributed by atoms with Gasteiger partial charge < -0.3 is 10.1 Å². The van der Waals surface area contributed by atoms with Crippen LogP contribution in [-0.2, 0) is 19.6 Å². The molecule has 2 aromatic rings. The maximum Gasteiger partial charge on any atom is 0.338 e. The molecule has 0 bridgehead atoms. The van der Waals surface area contributed by atoms with Crippen LogP contribution in [0.1, 0.15) is 10.4 Å². The number of rotatable bonds is 6. The Labute approximate surface area is 143 Å². The van der Waals surface area contributed by atoms with Crippen molar-refractivity contribution in [3.8, 4) is 0 Å². The van der Waals surface area contributed by atoms with Crippen LogP contribution in [0.25, 0.3) is 0 Å². The smallest absolute Gasteiger partial charge is 0.338 e. The van der Waals surface area contributed by atoms with E-state index in [9.17, 15) is 22.4 Å². The molecule has 1 amide bonds. The molecule has 2 aromatic carbocycles. The van der Waals surface area contributed by atoms with Gasteiger partial charge in [0.25, 0.3) is 5.91 Å². The van der Waals surface area contributed by atoms with Gasteiger partial charge in [0, 0.05) is 5.69 Å². The van der Waals surface area contributed by atoms with Crippen LogP contribution < -0.4 is 10.0 Å². The zero-order valence-corrected chi connectivity index (χ0v) is 14.0. The summed E-state index contributed by atoms with van der Waals surface area (Å²) in [4.78, 5) is 23.5. The van der Waals surface area contributed by atoms with Gasteiger partial charge in [0.05, 0.1) is 10.5 Å². The van der Waals surface area contributed by atoms with Gasteiger partial charge in [-0.1, -0.05) is 0 Å². The zero-order chi connectivity index (χ0) is 18.4. The summed E-state index contributed by atoms with van der Waals surface area (Å²) in [6.07, 6.45) is 0. The van der Waals surface area contributed by atoms with Crippen LogP contribution in [0.4, 0.5) is 10.1 Å². The van der Waals surface area contributed by atoms with Crippen molar-refractivity contribution in [3.63, 3.8) is 0 Å². The topological polar surface area (TPSA) is 102 Å². The molecule has 0 radical (unpaired) electrons. The van der Waals surface area contributed by atoms with Gasteiger partial charge in [-0.3, -0.25) is 4.79 Å². The number of benzene rings is 2. The van der Waals surface area contributed by atoms with Crippen molar-refractivity contribution in [2.45, 2.75) is 4.90 Å². The highest BCUT2D eigenvalue weighted by molar-refractivity contribution is 7.89. The lowest BCUT2D eigenvalue weighted by Crippen LogP contribution is -2.21. The molecule has 0 fully saturated rings. The Kier molecular flexibility index (Phi) is 5.84. The third kappa shape index (κ3) is 5.10. The second kappa shape index (κ2) is 7.86. The Morgan fingerprint density at radius 3 is 2.20 bits per heavy atom. The first-order chi connectivity index (χ1) is 11.8. The third-order valence-electron chi connectivity index (χ3n) is 3.13. The summed E-state index contributed by atoms with van der Waals surface area (Å²) >= 11 is 0. The number of esters is 1. The van der Waals surface area contributed by atoms with Gasteiger partial charge in [-0.2, -0.15) is 0 Å². The third-order valence-corrected chi connectivity index (χ3v) is 4.56. The first-order valence-electron chi connectivity index (χ1n) is 7.08. The maximum absolute atomic E-state index is 12.8. The van der Waals surface area contributed by atoms with Crippen LogP contribution >= 0.6 is 0 Å². The molecule has 0 aliphatic heterocycles. The largest absolute Gasteiger partial charge is 0.452 e. The molecule has 132 valence electrons. The monoisotopic (exact) mass is 366 g/mol. The average Bonchev–Trinajstić information content (AvgIpc) is 2.61. The van der Waals surface area contributed by atoms with Gasteiger partial charge in [-0.05, 0) is 55.6 Å². The molecule has 0 atom stereocenters. The number of nitrogens with one attached hydrogen (secondary N) is 2. The van der Waals surface area contributed by atoms with Crippen molar-refractivity contribution >= 4 is 27.6 Å². The van der Waals surface area contributed by atoms with E-state index in [1.165, 1.54) is 55.6 Å².